The number of benzene rings is 1. The molecule has 0 spiro atoms. The molecule has 168 valence electrons. The number of anilines is 1. The van der Waals surface area contributed by atoms with Gasteiger partial charge in [0.05, 0.1) is 6.61 Å². The highest BCUT2D eigenvalue weighted by molar-refractivity contribution is 8.01. The van der Waals surface area contributed by atoms with Crippen molar-refractivity contribution < 1.29 is 19.4 Å². The van der Waals surface area contributed by atoms with Gasteiger partial charge in [0.15, 0.2) is 10.0 Å². The number of unbranched alkanes of at least 4 members (excludes halogenated alkanes) is 2. The van der Waals surface area contributed by atoms with Gasteiger partial charge in [0, 0.05) is 42.4 Å². The Morgan fingerprint density at radius 1 is 1.35 bits per heavy atom. The first-order valence-electron chi connectivity index (χ1n) is 10.6. The number of rotatable bonds is 13. The van der Waals surface area contributed by atoms with E-state index in [1.165, 1.54) is 35.9 Å². The number of carboxylic acid groups (broad SMARTS) is 1. The number of thiazole rings is 1. The summed E-state index contributed by atoms with van der Waals surface area (Å²) in [5.74, 6) is 0.733. The molecule has 1 atom stereocenters. The standard InChI is InChI=1S/C22H29N3O4S2/c1-2-3-4-12-29-18-8-5-16(6-9-18)23-14-17-7-10-20(26)25(17)11-13-30-22-24-19(15-31-22)21(27)28/h5-6,8-9,15,17,23H,2-4,7,10-14H2,1H3,(H,27,28)/t17-/m1/s1. The number of hydrogen-bond donors (Lipinski definition) is 2. The highest BCUT2D eigenvalue weighted by Crippen LogP contribution is 2.25. The van der Waals surface area contributed by atoms with Gasteiger partial charge in [0.25, 0.3) is 0 Å². The number of nitrogens with one attached hydrogen (secondary N) is 1. The molecule has 31 heavy (non-hydrogen) atoms. The maximum absolute atomic E-state index is 12.3. The van der Waals surface area contributed by atoms with Crippen molar-refractivity contribution in [3.05, 3.63) is 35.3 Å². The molecule has 1 fully saturated rings. The number of likely N-dealkylation sites (tertiary alicyclic amines) is 1. The summed E-state index contributed by atoms with van der Waals surface area (Å²) in [5.41, 5.74) is 1.09. The Labute approximate surface area is 191 Å². The summed E-state index contributed by atoms with van der Waals surface area (Å²) in [5, 5.41) is 13.9. The summed E-state index contributed by atoms with van der Waals surface area (Å²) in [6.07, 6.45) is 4.85. The van der Waals surface area contributed by atoms with Crippen LogP contribution in [-0.2, 0) is 4.79 Å². The number of thioether (sulfide) groups is 1. The van der Waals surface area contributed by atoms with Crippen LogP contribution in [0, 0.1) is 0 Å². The van der Waals surface area contributed by atoms with Crippen molar-refractivity contribution in [1.29, 1.82) is 0 Å². The summed E-state index contributed by atoms with van der Waals surface area (Å²) in [7, 11) is 0. The Morgan fingerprint density at radius 2 is 2.16 bits per heavy atom. The van der Waals surface area contributed by atoms with Gasteiger partial charge in [-0.3, -0.25) is 4.79 Å². The zero-order valence-electron chi connectivity index (χ0n) is 17.7. The second-order valence-electron chi connectivity index (χ2n) is 7.39. The summed E-state index contributed by atoms with van der Waals surface area (Å²) >= 11 is 2.81. The molecule has 3 rings (SSSR count). The second-order valence-corrected chi connectivity index (χ2v) is 9.59. The van der Waals surface area contributed by atoms with E-state index >= 15 is 0 Å². The molecule has 0 unspecified atom stereocenters. The zero-order chi connectivity index (χ0) is 22.1. The summed E-state index contributed by atoms with van der Waals surface area (Å²) < 4.78 is 6.47. The number of ether oxygens (including phenoxy) is 1. The third-order valence-corrected chi connectivity index (χ3v) is 7.13. The van der Waals surface area contributed by atoms with Gasteiger partial charge in [0.2, 0.25) is 5.91 Å². The topological polar surface area (TPSA) is 91.8 Å². The first-order valence-corrected chi connectivity index (χ1v) is 12.5. The van der Waals surface area contributed by atoms with E-state index in [1.807, 2.05) is 29.2 Å². The van der Waals surface area contributed by atoms with E-state index in [0.29, 0.717) is 25.3 Å². The van der Waals surface area contributed by atoms with E-state index in [9.17, 15) is 9.59 Å². The molecule has 1 saturated heterocycles. The van der Waals surface area contributed by atoms with Gasteiger partial charge in [0.1, 0.15) is 5.75 Å². The van der Waals surface area contributed by atoms with E-state index in [4.69, 9.17) is 9.84 Å². The van der Waals surface area contributed by atoms with Crippen molar-refractivity contribution in [2.24, 2.45) is 0 Å². The second kappa shape index (κ2) is 12.0. The molecule has 2 heterocycles. The van der Waals surface area contributed by atoms with Crippen molar-refractivity contribution in [2.75, 3.05) is 30.8 Å². The van der Waals surface area contributed by atoms with E-state index in [-0.39, 0.29) is 17.6 Å². The SMILES string of the molecule is CCCCCOc1ccc(NC[C@H]2CCC(=O)N2CCSc2nc(C(=O)O)cs2)cc1. The minimum absolute atomic E-state index is 0.0733. The highest BCUT2D eigenvalue weighted by atomic mass is 32.2. The lowest BCUT2D eigenvalue weighted by molar-refractivity contribution is -0.128. The molecule has 1 aliphatic rings. The molecule has 2 N–H and O–H groups in total. The van der Waals surface area contributed by atoms with E-state index in [1.54, 1.807) is 5.38 Å². The third-order valence-electron chi connectivity index (χ3n) is 5.13. The summed E-state index contributed by atoms with van der Waals surface area (Å²) in [4.78, 5) is 29.2. The van der Waals surface area contributed by atoms with Crippen molar-refractivity contribution in [1.82, 2.24) is 9.88 Å². The Kier molecular flexibility index (Phi) is 9.02. The number of aromatic carboxylic acids is 1. The van der Waals surface area contributed by atoms with E-state index in [0.717, 1.165) is 35.2 Å². The minimum atomic E-state index is -1.01. The molecule has 9 heteroatoms. The van der Waals surface area contributed by atoms with Gasteiger partial charge in [-0.15, -0.1) is 11.3 Å². The van der Waals surface area contributed by atoms with E-state index < -0.39 is 5.97 Å². The molecule has 7 nitrogen and oxygen atoms in total. The molecule has 0 radical (unpaired) electrons. The van der Waals surface area contributed by atoms with Crippen LogP contribution in [0.25, 0.3) is 0 Å². The van der Waals surface area contributed by atoms with E-state index in [2.05, 4.69) is 17.2 Å². The van der Waals surface area contributed by atoms with Crippen LogP contribution < -0.4 is 10.1 Å². The molecule has 2 aromatic rings. The van der Waals surface area contributed by atoms with Crippen LogP contribution in [0.15, 0.2) is 34.0 Å². The molecule has 0 saturated carbocycles. The molecule has 1 aliphatic heterocycles. The van der Waals surface area contributed by atoms with Crippen molar-refractivity contribution >= 4 is 40.7 Å². The first-order chi connectivity index (χ1) is 15.1. The minimum Gasteiger partial charge on any atom is -0.494 e. The van der Waals surface area contributed by atoms with Crippen molar-refractivity contribution in [3.63, 3.8) is 0 Å². The Morgan fingerprint density at radius 3 is 2.87 bits per heavy atom. The van der Waals surface area contributed by atoms with Crippen molar-refractivity contribution in [3.8, 4) is 5.75 Å². The fourth-order valence-corrected chi connectivity index (χ4v) is 5.22. The third kappa shape index (κ3) is 7.14. The number of nitrogens with zero attached hydrogens (tertiary/aromatic N) is 2. The predicted octanol–water partition coefficient (Wildman–Crippen LogP) is 4.61. The monoisotopic (exact) mass is 463 g/mol. The zero-order valence-corrected chi connectivity index (χ0v) is 19.3. The molecule has 1 aromatic carbocycles. The molecular formula is C22H29N3O4S2. The molecule has 0 aliphatic carbocycles. The van der Waals surface area contributed by atoms with Crippen LogP contribution in [0.5, 0.6) is 5.75 Å². The molecule has 1 aromatic heterocycles. The lowest BCUT2D eigenvalue weighted by Crippen LogP contribution is -2.39. The smallest absolute Gasteiger partial charge is 0.355 e. The lowest BCUT2D eigenvalue weighted by atomic mass is 10.2. The highest BCUT2D eigenvalue weighted by Gasteiger charge is 2.30. The van der Waals surface area contributed by atoms with Crippen LogP contribution in [0.3, 0.4) is 0 Å². The quantitative estimate of drug-likeness (QED) is 0.331. The average molecular weight is 464 g/mol. The predicted molar refractivity (Wildman–Crippen MR) is 124 cm³/mol. The maximum Gasteiger partial charge on any atom is 0.355 e. The van der Waals surface area contributed by atoms with Crippen LogP contribution >= 0.6 is 23.1 Å². The van der Waals surface area contributed by atoms with Crippen LogP contribution in [-0.4, -0.2) is 58.4 Å². The maximum atomic E-state index is 12.3. The number of amides is 1. The summed E-state index contributed by atoms with van der Waals surface area (Å²) in [6.45, 7) is 4.25. The van der Waals surface area contributed by atoms with Gasteiger partial charge >= 0.3 is 5.97 Å². The lowest BCUT2D eigenvalue weighted by Gasteiger charge is -2.25. The van der Waals surface area contributed by atoms with Gasteiger partial charge < -0.3 is 20.1 Å². The summed E-state index contributed by atoms with van der Waals surface area (Å²) in [6, 6.07) is 8.12. The Balaban J connectivity index is 1.42. The number of carboxylic acids is 1. The Bertz CT molecular complexity index is 857. The van der Waals surface area contributed by atoms with Gasteiger partial charge in [-0.05, 0) is 37.1 Å². The molecule has 0 bridgehead atoms. The normalized spacial score (nSPS) is 16.0. The molecule has 1 amide bonds. The largest absolute Gasteiger partial charge is 0.494 e. The van der Waals surface area contributed by atoms with Gasteiger partial charge in [-0.25, -0.2) is 9.78 Å². The number of hydrogen-bond acceptors (Lipinski definition) is 7. The number of carbonyl (C=O) groups excluding carboxylic acids is 1. The first kappa shape index (κ1) is 23.4. The Hall–Kier alpha value is -2.26. The average Bonchev–Trinajstić information content (AvgIpc) is 3.38. The van der Waals surface area contributed by atoms with Crippen LogP contribution in [0.1, 0.15) is 49.5 Å². The number of aromatic nitrogens is 1. The number of carbonyl (C=O) groups is 2. The van der Waals surface area contributed by atoms with Crippen LogP contribution in [0.2, 0.25) is 0 Å². The van der Waals surface area contributed by atoms with Gasteiger partial charge in [-0.1, -0.05) is 31.5 Å². The van der Waals surface area contributed by atoms with Gasteiger partial charge in [-0.2, -0.15) is 0 Å². The van der Waals surface area contributed by atoms with Crippen LogP contribution in [0.4, 0.5) is 5.69 Å². The fourth-order valence-electron chi connectivity index (χ4n) is 3.41. The fraction of sp³-hybridized carbons (Fsp3) is 0.500. The molecular weight excluding hydrogens is 434 g/mol. The van der Waals surface area contributed by atoms with Crippen molar-refractivity contribution in [2.45, 2.75) is 49.4 Å².